The van der Waals surface area contributed by atoms with E-state index in [4.69, 9.17) is 28.4 Å². The van der Waals surface area contributed by atoms with E-state index in [0.29, 0.717) is 72.6 Å². The molecule has 0 aromatic heterocycles. The lowest BCUT2D eigenvalue weighted by atomic mass is 9.98. The van der Waals surface area contributed by atoms with Crippen LogP contribution < -0.4 is 0 Å². The molecular weight excluding hydrogens is 589 g/mol. The summed E-state index contributed by atoms with van der Waals surface area (Å²) in [6.45, 7) is 6.18. The normalized spacial score (nSPS) is 12.4. The molecule has 2 aromatic carbocycles. The lowest BCUT2D eigenvalue weighted by Gasteiger charge is -2.19. The Morgan fingerprint density at radius 2 is 1.14 bits per heavy atom. The van der Waals surface area contributed by atoms with Crippen molar-refractivity contribution in [1.29, 1.82) is 0 Å². The first-order valence-corrected chi connectivity index (χ1v) is 14.3. The third-order valence-corrected chi connectivity index (χ3v) is 6.37. The van der Waals surface area contributed by atoms with Crippen LogP contribution in [0.25, 0.3) is 11.1 Å². The zero-order valence-electron chi connectivity index (χ0n) is 21.6. The van der Waals surface area contributed by atoms with E-state index in [1.54, 1.807) is 11.9 Å². The fourth-order valence-electron chi connectivity index (χ4n) is 4.03. The summed E-state index contributed by atoms with van der Waals surface area (Å²) in [5.41, 5.74) is 4.84. The molecule has 37 heavy (non-hydrogen) atoms. The summed E-state index contributed by atoms with van der Waals surface area (Å²) in [7, 11) is 1.72. The van der Waals surface area contributed by atoms with E-state index in [9.17, 15) is 4.79 Å². The summed E-state index contributed by atoms with van der Waals surface area (Å²) in [4.78, 5) is 14.1. The van der Waals surface area contributed by atoms with Crippen molar-refractivity contribution < 1.29 is 33.2 Å². The zero-order valence-corrected chi connectivity index (χ0v) is 23.7. The molecule has 8 nitrogen and oxygen atoms in total. The van der Waals surface area contributed by atoms with Crippen LogP contribution >= 0.6 is 22.6 Å². The molecule has 0 atom stereocenters. The first-order valence-electron chi connectivity index (χ1n) is 12.7. The largest absolute Gasteiger partial charge is 0.448 e. The third kappa shape index (κ3) is 10.1. The summed E-state index contributed by atoms with van der Waals surface area (Å²) in [5, 5.41) is 0. The first kappa shape index (κ1) is 29.8. The minimum Gasteiger partial charge on any atom is -0.448 e. The van der Waals surface area contributed by atoms with Gasteiger partial charge in [0.1, 0.15) is 6.61 Å². The topological polar surface area (TPSA) is 75.7 Å². The number of hydrogen-bond donors (Lipinski definition) is 0. The molecule has 0 aliphatic heterocycles. The van der Waals surface area contributed by atoms with E-state index in [1.165, 1.54) is 22.3 Å². The molecule has 204 valence electrons. The van der Waals surface area contributed by atoms with Gasteiger partial charge in [0.05, 0.1) is 66.1 Å². The Hall–Kier alpha value is -1.76. The van der Waals surface area contributed by atoms with Crippen molar-refractivity contribution >= 4 is 28.7 Å². The van der Waals surface area contributed by atoms with Crippen molar-refractivity contribution in [2.75, 3.05) is 90.7 Å². The second kappa shape index (κ2) is 17.7. The van der Waals surface area contributed by atoms with Gasteiger partial charge >= 0.3 is 6.09 Å². The second-order valence-corrected chi connectivity index (χ2v) is 9.56. The quantitative estimate of drug-likeness (QED) is 0.130. The number of nitrogens with zero attached hydrogens (tertiary/aromatic N) is 1. The number of carbonyl (C=O) groups is 1. The Kier molecular flexibility index (Phi) is 14.2. The van der Waals surface area contributed by atoms with E-state index >= 15 is 0 Å². The fraction of sp³-hybridized carbons (Fsp3) is 0.536. The molecule has 1 aliphatic rings. The maximum atomic E-state index is 12.5. The molecule has 3 rings (SSSR count). The maximum Gasteiger partial charge on any atom is 0.409 e. The standard InChI is InChI=1S/C28H38INO7/c1-30(11-13-33-15-17-35-19-21-36-20-18-34-16-14-32-12-10-29)28(31)37-22-27-25-8-4-2-6-23(25)24-7-3-5-9-26(24)27/h2-9,27H,10-22H2,1H3. The van der Waals surface area contributed by atoms with Crippen molar-refractivity contribution in [3.63, 3.8) is 0 Å². The first-order chi connectivity index (χ1) is 18.2. The van der Waals surface area contributed by atoms with Gasteiger partial charge in [-0.15, -0.1) is 0 Å². The van der Waals surface area contributed by atoms with Gasteiger partial charge in [0.2, 0.25) is 0 Å². The van der Waals surface area contributed by atoms with Gasteiger partial charge in [-0.2, -0.15) is 0 Å². The minimum atomic E-state index is -0.351. The highest BCUT2D eigenvalue weighted by molar-refractivity contribution is 14.1. The third-order valence-electron chi connectivity index (χ3n) is 5.93. The van der Waals surface area contributed by atoms with Crippen molar-refractivity contribution in [3.05, 3.63) is 59.7 Å². The number of carbonyl (C=O) groups excluding carboxylic acids is 1. The number of halogens is 1. The molecule has 0 heterocycles. The van der Waals surface area contributed by atoms with Gasteiger partial charge in [0, 0.05) is 23.9 Å². The van der Waals surface area contributed by atoms with E-state index < -0.39 is 0 Å². The van der Waals surface area contributed by atoms with Gasteiger partial charge in [0.25, 0.3) is 0 Å². The lowest BCUT2D eigenvalue weighted by molar-refractivity contribution is -0.0110. The molecule has 0 fully saturated rings. The summed E-state index contributed by atoms with van der Waals surface area (Å²) in [6.07, 6.45) is -0.351. The van der Waals surface area contributed by atoms with Crippen LogP contribution in [0.5, 0.6) is 0 Å². The molecule has 0 radical (unpaired) electrons. The van der Waals surface area contributed by atoms with Crippen molar-refractivity contribution in [3.8, 4) is 11.1 Å². The van der Waals surface area contributed by atoms with Crippen LogP contribution in [-0.4, -0.2) is 102 Å². The summed E-state index contributed by atoms with van der Waals surface area (Å²) in [6, 6.07) is 16.6. The summed E-state index contributed by atoms with van der Waals surface area (Å²) in [5.74, 6) is 0.0551. The number of rotatable bonds is 19. The Bertz CT molecular complexity index is 883. The molecule has 2 aromatic rings. The number of hydrogen-bond acceptors (Lipinski definition) is 7. The van der Waals surface area contributed by atoms with E-state index in [2.05, 4.69) is 46.9 Å². The smallest absolute Gasteiger partial charge is 0.409 e. The Morgan fingerprint density at radius 1 is 0.703 bits per heavy atom. The average molecular weight is 628 g/mol. The Balaban J connectivity index is 1.18. The highest BCUT2D eigenvalue weighted by atomic mass is 127. The van der Waals surface area contributed by atoms with E-state index in [-0.39, 0.29) is 12.0 Å². The predicted octanol–water partition coefficient (Wildman–Crippen LogP) is 4.39. The van der Waals surface area contributed by atoms with E-state index in [0.717, 1.165) is 11.0 Å². The summed E-state index contributed by atoms with van der Waals surface area (Å²) >= 11 is 2.28. The van der Waals surface area contributed by atoms with Crippen LogP contribution in [0, 0.1) is 0 Å². The summed E-state index contributed by atoms with van der Waals surface area (Å²) < 4.78 is 33.9. The Labute approximate surface area is 233 Å². The highest BCUT2D eigenvalue weighted by Crippen LogP contribution is 2.44. The lowest BCUT2D eigenvalue weighted by Crippen LogP contribution is -2.32. The SMILES string of the molecule is CN(CCOCCOCCOCCOCCOCCI)C(=O)OCC1c2ccccc2-c2ccccc21. The molecule has 0 N–H and O–H groups in total. The maximum absolute atomic E-state index is 12.5. The molecule has 0 saturated heterocycles. The molecule has 1 aliphatic carbocycles. The average Bonchev–Trinajstić information content (AvgIpc) is 3.25. The molecule has 1 amide bonds. The fourth-order valence-corrected chi connectivity index (χ4v) is 4.34. The van der Waals surface area contributed by atoms with Gasteiger partial charge in [-0.3, -0.25) is 0 Å². The number of fused-ring (bicyclic) bond motifs is 3. The van der Waals surface area contributed by atoms with Gasteiger partial charge in [-0.05, 0) is 22.3 Å². The van der Waals surface area contributed by atoms with E-state index in [1.807, 2.05) is 24.3 Å². The van der Waals surface area contributed by atoms with Crippen LogP contribution in [-0.2, 0) is 28.4 Å². The Morgan fingerprint density at radius 3 is 1.62 bits per heavy atom. The van der Waals surface area contributed by atoms with Crippen LogP contribution in [0.2, 0.25) is 0 Å². The molecule has 0 bridgehead atoms. The monoisotopic (exact) mass is 627 g/mol. The molecule has 0 saturated carbocycles. The van der Waals surface area contributed by atoms with Gasteiger partial charge in [0.15, 0.2) is 0 Å². The van der Waals surface area contributed by atoms with Crippen LogP contribution in [0.1, 0.15) is 17.0 Å². The van der Waals surface area contributed by atoms with Crippen molar-refractivity contribution in [1.82, 2.24) is 4.90 Å². The van der Waals surface area contributed by atoms with Gasteiger partial charge in [-0.1, -0.05) is 71.1 Å². The number of amides is 1. The van der Waals surface area contributed by atoms with Crippen molar-refractivity contribution in [2.45, 2.75) is 5.92 Å². The number of benzene rings is 2. The van der Waals surface area contributed by atoms with Crippen molar-refractivity contribution in [2.24, 2.45) is 0 Å². The predicted molar refractivity (Wildman–Crippen MR) is 151 cm³/mol. The van der Waals surface area contributed by atoms with Crippen LogP contribution in [0.4, 0.5) is 4.79 Å². The number of alkyl halides is 1. The second-order valence-electron chi connectivity index (χ2n) is 8.48. The van der Waals surface area contributed by atoms with Crippen LogP contribution in [0.15, 0.2) is 48.5 Å². The number of likely N-dealkylation sites (N-methyl/N-ethyl adjacent to an activating group) is 1. The van der Waals surface area contributed by atoms with Crippen LogP contribution in [0.3, 0.4) is 0 Å². The minimum absolute atomic E-state index is 0.0551. The molecule has 9 heteroatoms. The molecule has 0 spiro atoms. The molecule has 0 unspecified atom stereocenters. The zero-order chi connectivity index (χ0) is 26.1. The number of ether oxygens (including phenoxy) is 6. The van der Waals surface area contributed by atoms with Gasteiger partial charge in [-0.25, -0.2) is 4.79 Å². The molecular formula is C28H38INO7. The van der Waals surface area contributed by atoms with Gasteiger partial charge < -0.3 is 33.3 Å². The highest BCUT2D eigenvalue weighted by Gasteiger charge is 2.29.